The molecule has 36 heavy (non-hydrogen) atoms. The van der Waals surface area contributed by atoms with Gasteiger partial charge in [-0.1, -0.05) is 12.1 Å². The maximum Gasteiger partial charge on any atom is 0.223 e. The number of aromatic nitrogens is 4. The summed E-state index contributed by atoms with van der Waals surface area (Å²) in [6.07, 6.45) is 3.94. The van der Waals surface area contributed by atoms with Crippen LogP contribution >= 0.6 is 11.3 Å². The Morgan fingerprint density at radius 2 is 1.94 bits per heavy atom. The van der Waals surface area contributed by atoms with Gasteiger partial charge in [-0.25, -0.2) is 27.8 Å². The summed E-state index contributed by atoms with van der Waals surface area (Å²) in [4.78, 5) is 14.7. The molecular formula is C25H22FN5O3S2. The molecule has 0 saturated carbocycles. The molecule has 0 atom stereocenters. The van der Waals surface area contributed by atoms with Gasteiger partial charge >= 0.3 is 0 Å². The topological polar surface area (TPSA) is 98.5 Å². The van der Waals surface area contributed by atoms with Crippen LogP contribution in [-0.2, 0) is 9.84 Å². The Morgan fingerprint density at radius 3 is 2.75 bits per heavy atom. The highest BCUT2D eigenvalue weighted by Gasteiger charge is 2.19. The van der Waals surface area contributed by atoms with E-state index in [1.54, 1.807) is 13.3 Å². The van der Waals surface area contributed by atoms with E-state index in [1.807, 2.05) is 46.3 Å². The normalized spacial score (nSPS) is 11.6. The fraction of sp³-hybridized carbons (Fsp3) is 0.160. The molecule has 0 amide bonds. The minimum Gasteiger partial charge on any atom is -0.497 e. The standard InChI is InChI=1S/C25H22FN5O3S2/c1-34-19-5-2-4-17(16-19)22-23(31-13-14-35-25(31)30-22)21-10-12-28-24(29-21)27-11-3-15-36(32,33)20-8-6-18(26)7-9-20/h2,4-10,12-14,16H,3,11,15H2,1H3,(H,27,28,29). The number of rotatable bonds is 9. The van der Waals surface area contributed by atoms with Gasteiger partial charge < -0.3 is 10.1 Å². The second-order valence-corrected chi connectivity index (χ2v) is 10.9. The Hall–Kier alpha value is -3.83. The lowest BCUT2D eigenvalue weighted by atomic mass is 10.1. The molecule has 3 heterocycles. The maximum absolute atomic E-state index is 13.1. The van der Waals surface area contributed by atoms with Gasteiger partial charge in [-0.2, -0.15) is 0 Å². The number of nitrogens with zero attached hydrogens (tertiary/aromatic N) is 4. The molecule has 0 fully saturated rings. The van der Waals surface area contributed by atoms with Crippen molar-refractivity contribution in [1.29, 1.82) is 0 Å². The number of hydrogen-bond donors (Lipinski definition) is 1. The van der Waals surface area contributed by atoms with Crippen molar-refractivity contribution in [3.05, 3.63) is 78.2 Å². The molecule has 0 radical (unpaired) electrons. The van der Waals surface area contributed by atoms with E-state index in [0.29, 0.717) is 24.6 Å². The second kappa shape index (κ2) is 10.0. The van der Waals surface area contributed by atoms with Gasteiger partial charge in [0.1, 0.15) is 17.3 Å². The quantitative estimate of drug-likeness (QED) is 0.216. The van der Waals surface area contributed by atoms with E-state index in [0.717, 1.165) is 39.8 Å². The highest BCUT2D eigenvalue weighted by atomic mass is 32.2. The van der Waals surface area contributed by atoms with Gasteiger partial charge in [0.25, 0.3) is 0 Å². The summed E-state index contributed by atoms with van der Waals surface area (Å²) in [6.45, 7) is 0.354. The molecular weight excluding hydrogens is 501 g/mol. The zero-order chi connectivity index (χ0) is 25.1. The molecule has 0 unspecified atom stereocenters. The Bertz CT molecular complexity index is 1610. The highest BCUT2D eigenvalue weighted by molar-refractivity contribution is 7.91. The lowest BCUT2D eigenvalue weighted by Crippen LogP contribution is -2.13. The van der Waals surface area contributed by atoms with Crippen LogP contribution in [0.25, 0.3) is 27.6 Å². The van der Waals surface area contributed by atoms with Crippen LogP contribution in [0.4, 0.5) is 10.3 Å². The number of anilines is 1. The maximum atomic E-state index is 13.1. The third kappa shape index (κ3) is 4.93. The number of halogens is 1. The summed E-state index contributed by atoms with van der Waals surface area (Å²) in [5.41, 5.74) is 3.18. The van der Waals surface area contributed by atoms with Crippen molar-refractivity contribution >= 4 is 32.1 Å². The number of fused-ring (bicyclic) bond motifs is 1. The fourth-order valence-electron chi connectivity index (χ4n) is 3.80. The summed E-state index contributed by atoms with van der Waals surface area (Å²) in [7, 11) is -1.88. The van der Waals surface area contributed by atoms with Crippen molar-refractivity contribution in [2.24, 2.45) is 0 Å². The molecule has 184 valence electrons. The van der Waals surface area contributed by atoms with Gasteiger partial charge in [0.15, 0.2) is 14.8 Å². The van der Waals surface area contributed by atoms with Crippen LogP contribution in [-0.4, -0.2) is 47.2 Å². The molecule has 5 rings (SSSR count). The largest absolute Gasteiger partial charge is 0.497 e. The molecule has 8 nitrogen and oxygen atoms in total. The van der Waals surface area contributed by atoms with Crippen LogP contribution < -0.4 is 10.1 Å². The molecule has 0 aliphatic rings. The molecule has 5 aromatic rings. The van der Waals surface area contributed by atoms with Gasteiger partial charge in [0, 0.05) is 29.9 Å². The minimum atomic E-state index is -3.50. The summed E-state index contributed by atoms with van der Waals surface area (Å²) in [5.74, 6) is 0.563. The van der Waals surface area contributed by atoms with Crippen molar-refractivity contribution in [3.8, 4) is 28.4 Å². The van der Waals surface area contributed by atoms with E-state index in [-0.39, 0.29) is 10.6 Å². The van der Waals surface area contributed by atoms with E-state index in [9.17, 15) is 12.8 Å². The first-order chi connectivity index (χ1) is 17.4. The number of ether oxygens (including phenoxy) is 1. The Morgan fingerprint density at radius 1 is 1.11 bits per heavy atom. The predicted octanol–water partition coefficient (Wildman–Crippen LogP) is 4.94. The van der Waals surface area contributed by atoms with Crippen LogP contribution in [0, 0.1) is 5.82 Å². The highest BCUT2D eigenvalue weighted by Crippen LogP contribution is 2.34. The first kappa shape index (κ1) is 23.9. The van der Waals surface area contributed by atoms with Crippen molar-refractivity contribution in [1.82, 2.24) is 19.4 Å². The summed E-state index contributed by atoms with van der Waals surface area (Å²) < 4.78 is 45.4. The van der Waals surface area contributed by atoms with Crippen LogP contribution in [0.1, 0.15) is 6.42 Å². The Labute approximate surface area is 211 Å². The molecule has 1 N–H and O–H groups in total. The second-order valence-electron chi connectivity index (χ2n) is 7.92. The number of methoxy groups -OCH3 is 1. The SMILES string of the molecule is COc1cccc(-c2nc3sccn3c2-c2ccnc(NCCCS(=O)(=O)c3ccc(F)cc3)n2)c1. The molecule has 11 heteroatoms. The number of sulfone groups is 1. The van der Waals surface area contributed by atoms with E-state index in [2.05, 4.69) is 15.3 Å². The van der Waals surface area contributed by atoms with Crippen LogP contribution in [0.3, 0.4) is 0 Å². The average molecular weight is 524 g/mol. The zero-order valence-corrected chi connectivity index (χ0v) is 20.9. The van der Waals surface area contributed by atoms with Gasteiger partial charge in [-0.05, 0) is 48.9 Å². The van der Waals surface area contributed by atoms with Crippen molar-refractivity contribution in [2.45, 2.75) is 11.3 Å². The van der Waals surface area contributed by atoms with Crippen molar-refractivity contribution in [2.75, 3.05) is 24.7 Å². The van der Waals surface area contributed by atoms with E-state index >= 15 is 0 Å². The van der Waals surface area contributed by atoms with Crippen LogP contribution in [0.15, 0.2) is 77.3 Å². The predicted molar refractivity (Wildman–Crippen MR) is 138 cm³/mol. The molecule has 0 aliphatic heterocycles. The summed E-state index contributed by atoms with van der Waals surface area (Å²) >= 11 is 1.53. The lowest BCUT2D eigenvalue weighted by molar-refractivity contribution is 0.415. The van der Waals surface area contributed by atoms with Gasteiger partial charge in [-0.15, -0.1) is 11.3 Å². The molecule has 0 saturated heterocycles. The van der Waals surface area contributed by atoms with Gasteiger partial charge in [0.05, 0.1) is 29.1 Å². The van der Waals surface area contributed by atoms with Crippen molar-refractivity contribution in [3.63, 3.8) is 0 Å². The van der Waals surface area contributed by atoms with E-state index in [4.69, 9.17) is 9.72 Å². The first-order valence-corrected chi connectivity index (χ1v) is 13.6. The molecule has 2 aromatic carbocycles. The number of benzene rings is 2. The van der Waals surface area contributed by atoms with Crippen LogP contribution in [0.5, 0.6) is 5.75 Å². The number of hydrogen-bond acceptors (Lipinski definition) is 8. The van der Waals surface area contributed by atoms with E-state index in [1.165, 1.54) is 23.5 Å². The first-order valence-electron chi connectivity index (χ1n) is 11.1. The Kier molecular flexibility index (Phi) is 6.66. The third-order valence-corrected chi connectivity index (χ3v) is 8.12. The molecule has 3 aromatic heterocycles. The Balaban J connectivity index is 1.35. The minimum absolute atomic E-state index is 0.0799. The smallest absolute Gasteiger partial charge is 0.223 e. The van der Waals surface area contributed by atoms with Crippen molar-refractivity contribution < 1.29 is 17.5 Å². The molecule has 0 spiro atoms. The van der Waals surface area contributed by atoms with Gasteiger partial charge in [0.2, 0.25) is 5.95 Å². The number of nitrogens with one attached hydrogen (secondary N) is 1. The zero-order valence-electron chi connectivity index (χ0n) is 19.3. The fourth-order valence-corrected chi connectivity index (χ4v) is 5.82. The van der Waals surface area contributed by atoms with Gasteiger partial charge in [-0.3, -0.25) is 4.40 Å². The third-order valence-electron chi connectivity index (χ3n) is 5.55. The number of imidazole rings is 1. The monoisotopic (exact) mass is 523 g/mol. The summed E-state index contributed by atoms with van der Waals surface area (Å²) in [6, 6.07) is 14.4. The number of thiazole rings is 1. The van der Waals surface area contributed by atoms with Crippen LogP contribution in [0.2, 0.25) is 0 Å². The lowest BCUT2D eigenvalue weighted by Gasteiger charge is -2.09. The molecule has 0 bridgehead atoms. The summed E-state index contributed by atoms with van der Waals surface area (Å²) in [5, 5.41) is 5.07. The van der Waals surface area contributed by atoms with E-state index < -0.39 is 15.7 Å². The molecule has 0 aliphatic carbocycles. The average Bonchev–Trinajstić information content (AvgIpc) is 3.49.